The molecule has 2 rings (SSSR count). The van der Waals surface area contributed by atoms with Gasteiger partial charge < -0.3 is 10.5 Å². The van der Waals surface area contributed by atoms with E-state index in [9.17, 15) is 0 Å². The molecule has 0 heterocycles. The Kier molecular flexibility index (Phi) is 2.33. The van der Waals surface area contributed by atoms with Crippen LogP contribution in [0, 0.1) is 0 Å². The van der Waals surface area contributed by atoms with Crippen molar-refractivity contribution in [2.24, 2.45) is 0 Å². The Balaban J connectivity index is 2.80. The first kappa shape index (κ1) is 9.34. The van der Waals surface area contributed by atoms with Crippen LogP contribution >= 0.6 is 15.9 Å². The van der Waals surface area contributed by atoms with Crippen molar-refractivity contribution in [1.29, 1.82) is 0 Å². The number of ether oxygens (including phenoxy) is 1. The number of methoxy groups -OCH3 is 1. The van der Waals surface area contributed by atoms with Gasteiger partial charge in [0.05, 0.1) is 11.6 Å². The van der Waals surface area contributed by atoms with E-state index in [-0.39, 0.29) is 0 Å². The average molecular weight is 252 g/mol. The minimum Gasteiger partial charge on any atom is -0.496 e. The highest BCUT2D eigenvalue weighted by atomic mass is 79.9. The molecule has 0 atom stereocenters. The van der Waals surface area contributed by atoms with E-state index in [1.807, 2.05) is 30.3 Å². The van der Waals surface area contributed by atoms with Crippen LogP contribution in [0.15, 0.2) is 34.8 Å². The van der Waals surface area contributed by atoms with E-state index in [1.54, 1.807) is 7.11 Å². The molecule has 14 heavy (non-hydrogen) atoms. The Hall–Kier alpha value is -1.22. The van der Waals surface area contributed by atoms with Crippen molar-refractivity contribution in [3.63, 3.8) is 0 Å². The van der Waals surface area contributed by atoms with Crippen molar-refractivity contribution in [3.05, 3.63) is 34.8 Å². The molecule has 0 fully saturated rings. The molecular formula is C11H10BrNO. The lowest BCUT2D eigenvalue weighted by molar-refractivity contribution is 0.413. The SMILES string of the molecule is COc1cc2c(N)cccc2cc1Br. The fourth-order valence-electron chi connectivity index (χ4n) is 1.46. The largest absolute Gasteiger partial charge is 0.496 e. The third-order valence-electron chi connectivity index (χ3n) is 2.19. The Morgan fingerprint density at radius 1 is 1.29 bits per heavy atom. The lowest BCUT2D eigenvalue weighted by atomic mass is 10.1. The van der Waals surface area contributed by atoms with Crippen LogP contribution in [0.4, 0.5) is 5.69 Å². The quantitative estimate of drug-likeness (QED) is 0.791. The summed E-state index contributed by atoms with van der Waals surface area (Å²) in [5.74, 6) is 0.801. The zero-order chi connectivity index (χ0) is 10.1. The molecule has 2 nitrogen and oxygen atoms in total. The fourth-order valence-corrected chi connectivity index (χ4v) is 1.98. The summed E-state index contributed by atoms with van der Waals surface area (Å²) in [7, 11) is 1.64. The van der Waals surface area contributed by atoms with Crippen LogP contribution in [0.25, 0.3) is 10.8 Å². The van der Waals surface area contributed by atoms with Crippen LogP contribution in [0.2, 0.25) is 0 Å². The number of hydrogen-bond acceptors (Lipinski definition) is 2. The molecule has 0 aliphatic heterocycles. The summed E-state index contributed by atoms with van der Waals surface area (Å²) in [6.07, 6.45) is 0. The van der Waals surface area contributed by atoms with Crippen molar-refractivity contribution in [1.82, 2.24) is 0 Å². The van der Waals surface area contributed by atoms with Gasteiger partial charge in [0.1, 0.15) is 5.75 Å². The van der Waals surface area contributed by atoms with E-state index >= 15 is 0 Å². The second kappa shape index (κ2) is 3.50. The number of nitrogens with two attached hydrogens (primary N) is 1. The van der Waals surface area contributed by atoms with Crippen molar-refractivity contribution in [2.45, 2.75) is 0 Å². The smallest absolute Gasteiger partial charge is 0.133 e. The highest BCUT2D eigenvalue weighted by Gasteiger charge is 2.04. The van der Waals surface area contributed by atoms with Crippen LogP contribution < -0.4 is 10.5 Å². The molecule has 0 bridgehead atoms. The number of anilines is 1. The Bertz CT molecular complexity index is 482. The second-order valence-electron chi connectivity index (χ2n) is 3.06. The van der Waals surface area contributed by atoms with Crippen LogP contribution in [-0.2, 0) is 0 Å². The standard InChI is InChI=1S/C11H10BrNO/c1-14-11-6-8-7(5-9(11)12)3-2-4-10(8)13/h2-6H,13H2,1H3. The van der Waals surface area contributed by atoms with Crippen LogP contribution in [0.3, 0.4) is 0 Å². The molecule has 0 unspecified atom stereocenters. The third-order valence-corrected chi connectivity index (χ3v) is 2.81. The number of benzene rings is 2. The Morgan fingerprint density at radius 2 is 2.07 bits per heavy atom. The summed E-state index contributed by atoms with van der Waals surface area (Å²) >= 11 is 3.44. The van der Waals surface area contributed by atoms with Gasteiger partial charge >= 0.3 is 0 Å². The lowest BCUT2D eigenvalue weighted by Gasteiger charge is -2.07. The zero-order valence-electron chi connectivity index (χ0n) is 7.75. The normalized spacial score (nSPS) is 10.4. The Morgan fingerprint density at radius 3 is 2.79 bits per heavy atom. The molecule has 0 aromatic heterocycles. The molecule has 0 saturated carbocycles. The van der Waals surface area contributed by atoms with E-state index in [4.69, 9.17) is 10.5 Å². The number of halogens is 1. The average Bonchev–Trinajstić information content (AvgIpc) is 2.17. The highest BCUT2D eigenvalue weighted by Crippen LogP contribution is 2.32. The molecule has 0 aliphatic carbocycles. The molecule has 0 amide bonds. The predicted molar refractivity (Wildman–Crippen MR) is 62.6 cm³/mol. The van der Waals surface area contributed by atoms with Crippen molar-refractivity contribution < 1.29 is 4.74 Å². The monoisotopic (exact) mass is 251 g/mol. The molecule has 0 spiro atoms. The van der Waals surface area contributed by atoms with Gasteiger partial charge in [0.25, 0.3) is 0 Å². The minimum atomic E-state index is 0.772. The summed E-state index contributed by atoms with van der Waals surface area (Å²) in [4.78, 5) is 0. The topological polar surface area (TPSA) is 35.2 Å². The van der Waals surface area contributed by atoms with Gasteiger partial charge in [-0.1, -0.05) is 12.1 Å². The van der Waals surface area contributed by atoms with Gasteiger partial charge in [0.2, 0.25) is 0 Å². The fraction of sp³-hybridized carbons (Fsp3) is 0.0909. The van der Waals surface area contributed by atoms with Gasteiger partial charge in [-0.2, -0.15) is 0 Å². The molecule has 2 aromatic rings. The van der Waals surface area contributed by atoms with Gasteiger partial charge in [-0.05, 0) is 39.5 Å². The summed E-state index contributed by atoms with van der Waals surface area (Å²) in [5.41, 5.74) is 6.63. The zero-order valence-corrected chi connectivity index (χ0v) is 9.34. The molecule has 2 N–H and O–H groups in total. The van der Waals surface area contributed by atoms with Gasteiger partial charge in [-0.15, -0.1) is 0 Å². The molecule has 0 radical (unpaired) electrons. The van der Waals surface area contributed by atoms with Crippen LogP contribution in [0.1, 0.15) is 0 Å². The first-order valence-corrected chi connectivity index (χ1v) is 5.03. The summed E-state index contributed by atoms with van der Waals surface area (Å²) in [6.45, 7) is 0. The van der Waals surface area contributed by atoms with E-state index in [1.165, 1.54) is 0 Å². The second-order valence-corrected chi connectivity index (χ2v) is 3.91. The first-order chi connectivity index (χ1) is 6.72. The first-order valence-electron chi connectivity index (χ1n) is 4.24. The molecule has 2 aromatic carbocycles. The number of fused-ring (bicyclic) bond motifs is 1. The molecule has 0 saturated heterocycles. The van der Waals surface area contributed by atoms with Crippen LogP contribution in [-0.4, -0.2) is 7.11 Å². The maximum Gasteiger partial charge on any atom is 0.133 e. The molecular weight excluding hydrogens is 242 g/mol. The van der Waals surface area contributed by atoms with Gasteiger partial charge in [0.15, 0.2) is 0 Å². The van der Waals surface area contributed by atoms with Gasteiger partial charge in [-0.3, -0.25) is 0 Å². The van der Waals surface area contributed by atoms with Crippen molar-refractivity contribution in [3.8, 4) is 5.75 Å². The summed E-state index contributed by atoms with van der Waals surface area (Å²) < 4.78 is 6.15. The van der Waals surface area contributed by atoms with E-state index < -0.39 is 0 Å². The highest BCUT2D eigenvalue weighted by molar-refractivity contribution is 9.10. The predicted octanol–water partition coefficient (Wildman–Crippen LogP) is 3.19. The maximum absolute atomic E-state index is 5.86. The third kappa shape index (κ3) is 1.44. The number of rotatable bonds is 1. The van der Waals surface area contributed by atoms with E-state index in [2.05, 4.69) is 15.9 Å². The molecule has 0 aliphatic rings. The van der Waals surface area contributed by atoms with E-state index in [0.717, 1.165) is 26.7 Å². The minimum absolute atomic E-state index is 0.772. The summed E-state index contributed by atoms with van der Waals surface area (Å²) in [6, 6.07) is 9.79. The van der Waals surface area contributed by atoms with Gasteiger partial charge in [0, 0.05) is 11.1 Å². The molecule has 3 heteroatoms. The lowest BCUT2D eigenvalue weighted by Crippen LogP contribution is -1.89. The van der Waals surface area contributed by atoms with Gasteiger partial charge in [-0.25, -0.2) is 0 Å². The Labute approximate surface area is 90.8 Å². The van der Waals surface area contributed by atoms with Crippen LogP contribution in [0.5, 0.6) is 5.75 Å². The maximum atomic E-state index is 5.86. The van der Waals surface area contributed by atoms with Crippen molar-refractivity contribution in [2.75, 3.05) is 12.8 Å². The van der Waals surface area contributed by atoms with Crippen molar-refractivity contribution >= 4 is 32.4 Å². The number of nitrogen functional groups attached to an aromatic ring is 1. The molecule has 72 valence electrons. The number of hydrogen-bond donors (Lipinski definition) is 1. The van der Waals surface area contributed by atoms with E-state index in [0.29, 0.717) is 0 Å². The summed E-state index contributed by atoms with van der Waals surface area (Å²) in [5, 5.41) is 2.13.